The van der Waals surface area contributed by atoms with E-state index in [0.29, 0.717) is 19.3 Å². The highest BCUT2D eigenvalue weighted by molar-refractivity contribution is 5.71. The molecule has 1 fully saturated rings. The maximum atomic E-state index is 10.5. The zero-order chi connectivity index (χ0) is 8.43. The summed E-state index contributed by atoms with van der Waals surface area (Å²) in [6.45, 7) is 0. The van der Waals surface area contributed by atoms with E-state index in [1.165, 1.54) is 0 Å². The molecule has 0 heterocycles. The summed E-state index contributed by atoms with van der Waals surface area (Å²) in [4.78, 5) is 10.5. The zero-order valence-corrected chi connectivity index (χ0v) is 6.23. The average molecular weight is 159 g/mol. The first-order valence-corrected chi connectivity index (χ1v) is 3.77. The molecule has 0 aromatic carbocycles. The van der Waals surface area contributed by atoms with Crippen molar-refractivity contribution in [2.45, 2.75) is 31.4 Å². The molecule has 1 aliphatic rings. The zero-order valence-electron chi connectivity index (χ0n) is 6.23. The molecule has 64 valence electrons. The van der Waals surface area contributed by atoms with E-state index in [2.05, 4.69) is 0 Å². The fourth-order valence-electron chi connectivity index (χ4n) is 1.49. The number of carboxylic acids is 1. The molecular weight excluding hydrogens is 146 g/mol. The Bertz CT molecular complexity index is 160. The molecule has 0 radical (unpaired) electrons. The van der Waals surface area contributed by atoms with E-state index in [4.69, 9.17) is 15.9 Å². The lowest BCUT2D eigenvalue weighted by atomic mass is 9.83. The second kappa shape index (κ2) is 3.19. The molecule has 4 N–H and O–H groups in total. The van der Waals surface area contributed by atoms with Crippen LogP contribution >= 0.6 is 0 Å². The number of carboxylic acid groups (broad SMARTS) is 1. The second-order valence-corrected chi connectivity index (χ2v) is 3.08. The van der Waals surface area contributed by atoms with Gasteiger partial charge in [0.25, 0.3) is 0 Å². The van der Waals surface area contributed by atoms with E-state index in [1.807, 2.05) is 0 Å². The summed E-state index contributed by atoms with van der Waals surface area (Å²) in [6.07, 6.45) is 1.07. The first kappa shape index (κ1) is 8.49. The number of hydrogen-bond donors (Lipinski definition) is 3. The van der Waals surface area contributed by atoms with Gasteiger partial charge in [-0.05, 0) is 19.3 Å². The Kier molecular flexibility index (Phi) is 2.46. The van der Waals surface area contributed by atoms with Crippen LogP contribution < -0.4 is 5.73 Å². The van der Waals surface area contributed by atoms with Crippen LogP contribution in [0.3, 0.4) is 0 Å². The van der Waals surface area contributed by atoms with Gasteiger partial charge in [0.2, 0.25) is 0 Å². The number of carbonyl (C=O) groups is 1. The monoisotopic (exact) mass is 159 g/mol. The van der Waals surface area contributed by atoms with Crippen LogP contribution in [0.5, 0.6) is 0 Å². The molecule has 0 amide bonds. The highest BCUT2D eigenvalue weighted by Gasteiger charge is 2.31. The molecule has 1 rings (SSSR count). The first-order valence-electron chi connectivity index (χ1n) is 3.77. The van der Waals surface area contributed by atoms with Crippen molar-refractivity contribution in [2.75, 3.05) is 0 Å². The van der Waals surface area contributed by atoms with Crippen molar-refractivity contribution in [1.29, 1.82) is 0 Å². The van der Waals surface area contributed by atoms with Gasteiger partial charge >= 0.3 is 5.97 Å². The molecular formula is C7H13NO3. The molecule has 0 saturated heterocycles. The second-order valence-electron chi connectivity index (χ2n) is 3.08. The Morgan fingerprint density at radius 2 is 2.09 bits per heavy atom. The summed E-state index contributed by atoms with van der Waals surface area (Å²) in [7, 11) is 0. The predicted octanol–water partition coefficient (Wildman–Crippen LogP) is -0.441. The van der Waals surface area contributed by atoms with Gasteiger partial charge in [-0.2, -0.15) is 0 Å². The lowest BCUT2D eigenvalue weighted by Gasteiger charge is -2.28. The summed E-state index contributed by atoms with van der Waals surface area (Å²) in [6, 6.07) is -0.378. The van der Waals surface area contributed by atoms with Gasteiger partial charge in [-0.1, -0.05) is 0 Å². The molecule has 0 spiro atoms. The third-order valence-electron chi connectivity index (χ3n) is 2.19. The fraction of sp³-hybridized carbons (Fsp3) is 0.857. The molecule has 11 heavy (non-hydrogen) atoms. The molecule has 4 nitrogen and oxygen atoms in total. The molecule has 0 bridgehead atoms. The predicted molar refractivity (Wildman–Crippen MR) is 39.0 cm³/mol. The molecule has 1 saturated carbocycles. The summed E-state index contributed by atoms with van der Waals surface area (Å²) < 4.78 is 0. The smallest absolute Gasteiger partial charge is 0.308 e. The van der Waals surface area contributed by atoms with Crippen LogP contribution in [0.2, 0.25) is 0 Å². The van der Waals surface area contributed by atoms with Crippen LogP contribution in [-0.4, -0.2) is 28.3 Å². The number of rotatable bonds is 1. The van der Waals surface area contributed by atoms with Crippen molar-refractivity contribution >= 4 is 5.97 Å². The summed E-state index contributed by atoms with van der Waals surface area (Å²) in [5.74, 6) is -1.30. The largest absolute Gasteiger partial charge is 0.481 e. The number of aliphatic carboxylic acids is 1. The van der Waals surface area contributed by atoms with Crippen molar-refractivity contribution in [2.24, 2.45) is 11.7 Å². The van der Waals surface area contributed by atoms with E-state index in [0.717, 1.165) is 0 Å². The van der Waals surface area contributed by atoms with E-state index in [-0.39, 0.29) is 6.04 Å². The van der Waals surface area contributed by atoms with E-state index >= 15 is 0 Å². The topological polar surface area (TPSA) is 83.5 Å². The SMILES string of the molecule is N[C@@H]1C[C@H](O)CC[C@@H]1C(=O)O. The lowest BCUT2D eigenvalue weighted by Crippen LogP contribution is -2.42. The molecule has 0 aliphatic heterocycles. The Labute approximate surface area is 65.0 Å². The van der Waals surface area contributed by atoms with Gasteiger partial charge in [-0.25, -0.2) is 0 Å². The van der Waals surface area contributed by atoms with Gasteiger partial charge < -0.3 is 15.9 Å². The number of aliphatic hydroxyl groups is 1. The van der Waals surface area contributed by atoms with Gasteiger partial charge in [0.05, 0.1) is 12.0 Å². The van der Waals surface area contributed by atoms with E-state index < -0.39 is 18.0 Å². The maximum Gasteiger partial charge on any atom is 0.308 e. The first-order chi connectivity index (χ1) is 5.11. The molecule has 0 aromatic heterocycles. The minimum absolute atomic E-state index is 0.378. The fourth-order valence-corrected chi connectivity index (χ4v) is 1.49. The Hall–Kier alpha value is -0.610. The number of aliphatic hydroxyl groups excluding tert-OH is 1. The van der Waals surface area contributed by atoms with Crippen molar-refractivity contribution in [3.63, 3.8) is 0 Å². The Morgan fingerprint density at radius 3 is 2.55 bits per heavy atom. The average Bonchev–Trinajstić information content (AvgIpc) is 1.85. The van der Waals surface area contributed by atoms with Gasteiger partial charge in [-0.15, -0.1) is 0 Å². The standard InChI is InChI=1S/C7H13NO3/c8-6-3-4(9)1-2-5(6)7(10)11/h4-6,9H,1-3,8H2,(H,10,11)/t4-,5+,6-/m1/s1. The van der Waals surface area contributed by atoms with Crippen molar-refractivity contribution < 1.29 is 15.0 Å². The third kappa shape index (κ3) is 1.91. The van der Waals surface area contributed by atoms with Crippen LogP contribution in [0.15, 0.2) is 0 Å². The Morgan fingerprint density at radius 1 is 1.45 bits per heavy atom. The van der Waals surface area contributed by atoms with Crippen molar-refractivity contribution in [1.82, 2.24) is 0 Å². The van der Waals surface area contributed by atoms with Crippen LogP contribution in [-0.2, 0) is 4.79 Å². The van der Waals surface area contributed by atoms with E-state index in [9.17, 15) is 4.79 Å². The summed E-state index contributed by atoms with van der Waals surface area (Å²) in [5, 5.41) is 17.7. The number of hydrogen-bond acceptors (Lipinski definition) is 3. The molecule has 3 atom stereocenters. The highest BCUT2D eigenvalue weighted by Crippen LogP contribution is 2.23. The van der Waals surface area contributed by atoms with Gasteiger partial charge in [0, 0.05) is 6.04 Å². The highest BCUT2D eigenvalue weighted by atomic mass is 16.4. The van der Waals surface area contributed by atoms with Gasteiger partial charge in [0.1, 0.15) is 0 Å². The number of nitrogens with two attached hydrogens (primary N) is 1. The minimum Gasteiger partial charge on any atom is -0.481 e. The molecule has 4 heteroatoms. The summed E-state index contributed by atoms with van der Waals surface area (Å²) in [5.41, 5.74) is 5.53. The van der Waals surface area contributed by atoms with Gasteiger partial charge in [-0.3, -0.25) is 4.79 Å². The van der Waals surface area contributed by atoms with Gasteiger partial charge in [0.15, 0.2) is 0 Å². The van der Waals surface area contributed by atoms with Crippen LogP contribution in [0.25, 0.3) is 0 Å². The maximum absolute atomic E-state index is 10.5. The minimum atomic E-state index is -0.843. The van der Waals surface area contributed by atoms with Crippen LogP contribution in [0.4, 0.5) is 0 Å². The Balaban J connectivity index is 2.50. The third-order valence-corrected chi connectivity index (χ3v) is 2.19. The normalized spacial score (nSPS) is 38.5. The lowest BCUT2D eigenvalue weighted by molar-refractivity contribution is -0.144. The van der Waals surface area contributed by atoms with Crippen LogP contribution in [0, 0.1) is 5.92 Å². The van der Waals surface area contributed by atoms with Crippen LogP contribution in [0.1, 0.15) is 19.3 Å². The quantitative estimate of drug-likeness (QED) is 0.484. The molecule has 0 unspecified atom stereocenters. The molecule has 1 aliphatic carbocycles. The molecule has 0 aromatic rings. The van der Waals surface area contributed by atoms with Crippen molar-refractivity contribution in [3.8, 4) is 0 Å². The van der Waals surface area contributed by atoms with E-state index in [1.54, 1.807) is 0 Å². The van der Waals surface area contributed by atoms with Crippen molar-refractivity contribution in [3.05, 3.63) is 0 Å². The summed E-state index contributed by atoms with van der Waals surface area (Å²) >= 11 is 0.